The molecular formula is C73H132O17P2. The van der Waals surface area contributed by atoms with Crippen molar-refractivity contribution in [1.29, 1.82) is 0 Å². The van der Waals surface area contributed by atoms with Crippen LogP contribution in [0.5, 0.6) is 0 Å². The molecule has 0 aromatic carbocycles. The van der Waals surface area contributed by atoms with Gasteiger partial charge in [0.15, 0.2) is 12.2 Å². The minimum absolute atomic E-state index is 0.0818. The fourth-order valence-electron chi connectivity index (χ4n) is 9.90. The van der Waals surface area contributed by atoms with Crippen molar-refractivity contribution in [3.8, 4) is 0 Å². The van der Waals surface area contributed by atoms with Crippen LogP contribution in [0.3, 0.4) is 0 Å². The Bertz CT molecular complexity index is 1990. The zero-order valence-corrected chi connectivity index (χ0v) is 60.0. The molecule has 0 aliphatic heterocycles. The molecule has 536 valence electrons. The Morgan fingerprint density at radius 3 is 0.913 bits per heavy atom. The summed E-state index contributed by atoms with van der Waals surface area (Å²) in [4.78, 5) is 72.6. The maximum absolute atomic E-state index is 13.0. The maximum Gasteiger partial charge on any atom is 0.472 e. The number of aliphatic hydroxyl groups excluding tert-OH is 1. The van der Waals surface area contributed by atoms with E-state index < -0.39 is 97.5 Å². The number of phosphoric ester groups is 2. The zero-order chi connectivity index (χ0) is 67.5. The third-order valence-electron chi connectivity index (χ3n) is 15.5. The summed E-state index contributed by atoms with van der Waals surface area (Å²) in [6.45, 7) is 4.71. The molecule has 0 saturated carbocycles. The normalized spacial score (nSPS) is 14.4. The van der Waals surface area contributed by atoms with Crippen LogP contribution in [0.4, 0.5) is 0 Å². The number of hydrogen-bond donors (Lipinski definition) is 3. The summed E-state index contributed by atoms with van der Waals surface area (Å²) in [5.41, 5.74) is 0. The van der Waals surface area contributed by atoms with Crippen molar-refractivity contribution in [2.24, 2.45) is 0 Å². The molecule has 0 aromatic rings. The lowest BCUT2D eigenvalue weighted by molar-refractivity contribution is -0.161. The molecule has 0 bridgehead atoms. The van der Waals surface area contributed by atoms with Gasteiger partial charge in [-0.1, -0.05) is 275 Å². The van der Waals surface area contributed by atoms with Gasteiger partial charge < -0.3 is 33.8 Å². The van der Waals surface area contributed by atoms with Crippen molar-refractivity contribution in [2.75, 3.05) is 39.6 Å². The number of rotatable bonds is 69. The van der Waals surface area contributed by atoms with E-state index in [1.807, 2.05) is 0 Å². The Kier molecular flexibility index (Phi) is 64.0. The second kappa shape index (κ2) is 66.4. The van der Waals surface area contributed by atoms with Crippen LogP contribution >= 0.6 is 15.6 Å². The van der Waals surface area contributed by atoms with Crippen LogP contribution in [0.1, 0.15) is 323 Å². The first kappa shape index (κ1) is 88.8. The number of allylic oxidation sites excluding steroid dienone is 10. The summed E-state index contributed by atoms with van der Waals surface area (Å²) in [7, 11) is -9.93. The molecule has 0 saturated heterocycles. The molecule has 0 heterocycles. The van der Waals surface area contributed by atoms with Crippen LogP contribution in [0.25, 0.3) is 0 Å². The molecular weight excluding hydrogens is 1210 g/mol. The molecule has 0 radical (unpaired) electrons. The van der Waals surface area contributed by atoms with Crippen molar-refractivity contribution >= 4 is 39.5 Å². The molecule has 0 aliphatic carbocycles. The molecule has 3 N–H and O–H groups in total. The van der Waals surface area contributed by atoms with Gasteiger partial charge in [0, 0.05) is 25.7 Å². The van der Waals surface area contributed by atoms with Crippen molar-refractivity contribution in [1.82, 2.24) is 0 Å². The van der Waals surface area contributed by atoms with E-state index in [2.05, 4.69) is 88.5 Å². The van der Waals surface area contributed by atoms with E-state index >= 15 is 0 Å². The van der Waals surface area contributed by atoms with Crippen LogP contribution < -0.4 is 0 Å². The van der Waals surface area contributed by atoms with E-state index in [0.29, 0.717) is 25.7 Å². The lowest BCUT2D eigenvalue weighted by Gasteiger charge is -2.21. The van der Waals surface area contributed by atoms with Gasteiger partial charge in [0.25, 0.3) is 0 Å². The average molecular weight is 1340 g/mol. The molecule has 0 amide bonds. The Labute approximate surface area is 559 Å². The lowest BCUT2D eigenvalue weighted by Crippen LogP contribution is -2.30. The number of ether oxygens (including phenoxy) is 4. The smallest absolute Gasteiger partial charge is 0.462 e. The number of aliphatic hydroxyl groups is 1. The van der Waals surface area contributed by atoms with Crippen molar-refractivity contribution < 1.29 is 80.2 Å². The minimum atomic E-state index is -4.97. The minimum Gasteiger partial charge on any atom is -0.462 e. The Morgan fingerprint density at radius 2 is 0.576 bits per heavy atom. The topological polar surface area (TPSA) is 237 Å². The fraction of sp³-hybridized carbons (Fsp3) is 0.808. The summed E-state index contributed by atoms with van der Waals surface area (Å²) < 4.78 is 68.2. The number of unbranched alkanes of at least 4 members (excludes halogenated alkanes) is 33. The average Bonchev–Trinajstić information content (AvgIpc) is 2.31. The Morgan fingerprint density at radius 1 is 0.315 bits per heavy atom. The summed E-state index contributed by atoms with van der Waals surface area (Å²) in [5, 5.41) is 10.6. The Balaban J connectivity index is 5.28. The first-order chi connectivity index (χ1) is 44.7. The van der Waals surface area contributed by atoms with Gasteiger partial charge in [0.1, 0.15) is 19.3 Å². The SMILES string of the molecule is CC/C=C\C/C=C\C/C=C\C/C=C\CCCCCCC(=O)OCC(COP(=O)(O)OCC(O)COP(=O)(O)OCC(COC(=O)CCCCCCCCCCCCCCC)OC(=O)CCCCCCCCCCCCC)OC(=O)CCCCCCC/C=C\CCCC. The zero-order valence-electron chi connectivity index (χ0n) is 58.2. The highest BCUT2D eigenvalue weighted by molar-refractivity contribution is 7.47. The van der Waals surface area contributed by atoms with Gasteiger partial charge in [-0.25, -0.2) is 9.13 Å². The first-order valence-corrected chi connectivity index (χ1v) is 39.5. The van der Waals surface area contributed by atoms with Gasteiger partial charge in [0.05, 0.1) is 26.4 Å². The van der Waals surface area contributed by atoms with Gasteiger partial charge in [-0.15, -0.1) is 0 Å². The van der Waals surface area contributed by atoms with Crippen LogP contribution in [0.2, 0.25) is 0 Å². The fourth-order valence-corrected chi connectivity index (χ4v) is 11.5. The predicted octanol–water partition coefficient (Wildman–Crippen LogP) is 20.3. The van der Waals surface area contributed by atoms with E-state index in [-0.39, 0.29) is 25.7 Å². The third kappa shape index (κ3) is 65.4. The second-order valence-corrected chi connectivity index (χ2v) is 27.4. The first-order valence-electron chi connectivity index (χ1n) is 36.5. The van der Waals surface area contributed by atoms with Crippen molar-refractivity contribution in [2.45, 2.75) is 341 Å². The summed E-state index contributed by atoms with van der Waals surface area (Å²) in [6, 6.07) is 0. The third-order valence-corrected chi connectivity index (χ3v) is 17.4. The van der Waals surface area contributed by atoms with E-state index in [1.54, 1.807) is 0 Å². The van der Waals surface area contributed by atoms with Crippen molar-refractivity contribution in [3.63, 3.8) is 0 Å². The number of carbonyl (C=O) groups excluding carboxylic acids is 4. The van der Waals surface area contributed by atoms with Gasteiger partial charge in [-0.3, -0.25) is 37.3 Å². The van der Waals surface area contributed by atoms with Gasteiger partial charge in [-0.2, -0.15) is 0 Å². The number of esters is 4. The molecule has 5 atom stereocenters. The quantitative estimate of drug-likeness (QED) is 0.0169. The van der Waals surface area contributed by atoms with E-state index in [1.165, 1.54) is 109 Å². The maximum atomic E-state index is 13.0. The number of carbonyl (C=O) groups is 4. The molecule has 0 spiro atoms. The van der Waals surface area contributed by atoms with Crippen LogP contribution in [-0.4, -0.2) is 96.7 Å². The van der Waals surface area contributed by atoms with E-state index in [0.717, 1.165) is 135 Å². The summed E-state index contributed by atoms with van der Waals surface area (Å²) >= 11 is 0. The standard InChI is InChI=1S/C73H132O17P2/c1-5-9-13-17-21-25-29-31-32-33-34-36-40-42-46-50-54-58-71(76)84-64-69(90-73(78)60-56-52-48-44-38-28-24-20-16-12-8-4)66-88-92(81,82)86-62-67(74)61-85-91(79,80)87-65-68(89-72(77)59-55-51-47-43-37-27-23-19-15-11-7-3)63-83-70(75)57-53-49-45-41-39-35-30-26-22-18-14-10-6-2/h9,13,20-21,24-25,31-32,34,36,67-69,74H,5-8,10-12,14-19,22-23,26-30,33,35,37-66H2,1-4H3,(H,79,80)(H,81,82)/b13-9-,24-20-,25-21-,32-31-,36-34-. The number of hydrogen-bond acceptors (Lipinski definition) is 15. The van der Waals surface area contributed by atoms with E-state index in [9.17, 15) is 43.2 Å². The second-order valence-electron chi connectivity index (χ2n) is 24.5. The molecule has 5 unspecified atom stereocenters. The Hall–Kier alpha value is -3.24. The summed E-state index contributed by atoms with van der Waals surface area (Å²) in [6.07, 6.45) is 62.3. The largest absolute Gasteiger partial charge is 0.472 e. The van der Waals surface area contributed by atoms with E-state index in [4.69, 9.17) is 37.0 Å². The molecule has 17 nitrogen and oxygen atoms in total. The van der Waals surface area contributed by atoms with Gasteiger partial charge >= 0.3 is 39.5 Å². The summed E-state index contributed by atoms with van der Waals surface area (Å²) in [5.74, 6) is -2.19. The molecule has 0 aromatic heterocycles. The molecule has 19 heteroatoms. The van der Waals surface area contributed by atoms with Crippen molar-refractivity contribution in [3.05, 3.63) is 60.8 Å². The number of phosphoric acid groups is 2. The van der Waals surface area contributed by atoms with Crippen LogP contribution in [0.15, 0.2) is 60.8 Å². The van der Waals surface area contributed by atoms with Crippen LogP contribution in [-0.2, 0) is 65.4 Å². The van der Waals surface area contributed by atoms with Gasteiger partial charge in [-0.05, 0) is 83.5 Å². The highest BCUT2D eigenvalue weighted by Gasteiger charge is 2.30. The van der Waals surface area contributed by atoms with Crippen LogP contribution in [0, 0.1) is 0 Å². The highest BCUT2D eigenvalue weighted by Crippen LogP contribution is 2.45. The van der Waals surface area contributed by atoms with Gasteiger partial charge in [0.2, 0.25) is 0 Å². The molecule has 0 aliphatic rings. The molecule has 92 heavy (non-hydrogen) atoms. The lowest BCUT2D eigenvalue weighted by atomic mass is 10.0. The monoisotopic (exact) mass is 1340 g/mol. The highest BCUT2D eigenvalue weighted by atomic mass is 31.2. The predicted molar refractivity (Wildman–Crippen MR) is 372 cm³/mol. The molecule has 0 fully saturated rings. The molecule has 0 rings (SSSR count).